The molecule has 29 heavy (non-hydrogen) atoms. The maximum atomic E-state index is 12.3. The van der Waals surface area contributed by atoms with Gasteiger partial charge in [0.05, 0.1) is 29.9 Å². The maximum Gasteiger partial charge on any atom is 0.573 e. The van der Waals surface area contributed by atoms with Gasteiger partial charge in [-0.2, -0.15) is 0 Å². The first-order valence-corrected chi connectivity index (χ1v) is 8.91. The highest BCUT2D eigenvalue weighted by atomic mass is 32.1. The minimum atomic E-state index is -4.81. The van der Waals surface area contributed by atoms with Crippen molar-refractivity contribution < 1.29 is 32.3 Å². The molecule has 3 N–H and O–H groups in total. The van der Waals surface area contributed by atoms with Gasteiger partial charge in [-0.3, -0.25) is 19.3 Å². The maximum absolute atomic E-state index is 12.3. The number of nitrogens with two attached hydrogens (primary N) is 1. The molecule has 0 atom stereocenters. The third kappa shape index (κ3) is 7.19. The van der Waals surface area contributed by atoms with Crippen molar-refractivity contribution in [3.63, 3.8) is 0 Å². The summed E-state index contributed by atoms with van der Waals surface area (Å²) < 4.78 is 41.1. The summed E-state index contributed by atoms with van der Waals surface area (Å²) in [7, 11) is 2.95. The topological polar surface area (TPSA) is 118 Å². The van der Waals surface area contributed by atoms with Crippen molar-refractivity contribution in [2.24, 2.45) is 5.73 Å². The molecule has 0 saturated carbocycles. The van der Waals surface area contributed by atoms with Gasteiger partial charge in [-0.15, -0.1) is 13.2 Å². The molecule has 2 aromatic rings. The lowest BCUT2D eigenvalue weighted by Gasteiger charge is -2.20. The van der Waals surface area contributed by atoms with Gasteiger partial charge in [0.15, 0.2) is 5.13 Å². The van der Waals surface area contributed by atoms with Crippen molar-refractivity contribution in [2.75, 3.05) is 39.0 Å². The number of aromatic nitrogens is 1. The second-order valence-electron chi connectivity index (χ2n) is 6.13. The number of anilines is 1. The van der Waals surface area contributed by atoms with Gasteiger partial charge in [0.25, 0.3) is 0 Å². The predicted octanol–water partition coefficient (Wildman–Crippen LogP) is 1.01. The third-order valence-corrected chi connectivity index (χ3v) is 4.41. The van der Waals surface area contributed by atoms with Gasteiger partial charge in [0.2, 0.25) is 17.7 Å². The first-order valence-electron chi connectivity index (χ1n) is 8.10. The number of fused-ring (bicyclic) bond motifs is 1. The molecule has 13 heteroatoms. The lowest BCUT2D eigenvalue weighted by molar-refractivity contribution is -0.274. The minimum Gasteiger partial charge on any atom is -0.406 e. The average Bonchev–Trinajstić information content (AvgIpc) is 2.93. The molecule has 0 spiro atoms. The van der Waals surface area contributed by atoms with E-state index in [2.05, 4.69) is 15.0 Å². The Bertz CT molecular complexity index is 918. The van der Waals surface area contributed by atoms with Crippen molar-refractivity contribution >= 4 is 44.4 Å². The molecule has 0 aliphatic carbocycles. The Kier molecular flexibility index (Phi) is 6.97. The Balaban J connectivity index is 1.95. The molecule has 9 nitrogen and oxygen atoms in total. The summed E-state index contributed by atoms with van der Waals surface area (Å²) >= 11 is 0.965. The molecule has 0 saturated heterocycles. The summed E-state index contributed by atoms with van der Waals surface area (Å²) in [5, 5.41) is 2.66. The van der Waals surface area contributed by atoms with E-state index in [-0.39, 0.29) is 24.8 Å². The normalized spacial score (nSPS) is 11.5. The van der Waals surface area contributed by atoms with Crippen LogP contribution < -0.4 is 15.8 Å². The first-order chi connectivity index (χ1) is 13.4. The van der Waals surface area contributed by atoms with E-state index in [1.807, 2.05) is 0 Å². The predicted molar refractivity (Wildman–Crippen MR) is 99.3 cm³/mol. The number of carbonyl (C=O) groups excluding carboxylic acids is 3. The number of likely N-dealkylation sites (N-methyl/N-ethyl adjacent to an activating group) is 2. The van der Waals surface area contributed by atoms with Crippen molar-refractivity contribution in [1.29, 1.82) is 0 Å². The number of alkyl halides is 3. The third-order valence-electron chi connectivity index (χ3n) is 3.48. The van der Waals surface area contributed by atoms with E-state index < -0.39 is 29.8 Å². The van der Waals surface area contributed by atoms with Crippen LogP contribution in [-0.4, -0.2) is 72.6 Å². The quantitative estimate of drug-likeness (QED) is 0.642. The molecule has 1 aromatic heterocycles. The number of thiazole rings is 1. The number of carbonyl (C=O) groups is 3. The highest BCUT2D eigenvalue weighted by Gasteiger charge is 2.31. The van der Waals surface area contributed by atoms with Gasteiger partial charge in [0.1, 0.15) is 5.75 Å². The first kappa shape index (κ1) is 22.4. The lowest BCUT2D eigenvalue weighted by Crippen LogP contribution is -2.42. The van der Waals surface area contributed by atoms with E-state index in [1.54, 1.807) is 0 Å². The van der Waals surface area contributed by atoms with Crippen LogP contribution in [0.25, 0.3) is 10.2 Å². The van der Waals surface area contributed by atoms with Gasteiger partial charge in [0, 0.05) is 13.1 Å². The van der Waals surface area contributed by atoms with Crippen molar-refractivity contribution in [2.45, 2.75) is 6.36 Å². The fraction of sp³-hybridized carbons (Fsp3) is 0.375. The number of amides is 3. The van der Waals surface area contributed by atoms with E-state index in [9.17, 15) is 27.6 Å². The molecule has 0 unspecified atom stereocenters. The second kappa shape index (κ2) is 9.05. The molecule has 158 valence electrons. The van der Waals surface area contributed by atoms with Crippen LogP contribution in [0.3, 0.4) is 0 Å². The Morgan fingerprint density at radius 1 is 1.21 bits per heavy atom. The molecular formula is C16H18F3N5O4S. The number of ether oxygens (including phenoxy) is 1. The van der Waals surface area contributed by atoms with E-state index in [4.69, 9.17) is 5.73 Å². The zero-order valence-corrected chi connectivity index (χ0v) is 16.3. The summed E-state index contributed by atoms with van der Waals surface area (Å²) in [6.07, 6.45) is -4.81. The highest BCUT2D eigenvalue weighted by Crippen LogP contribution is 2.31. The fourth-order valence-electron chi connectivity index (χ4n) is 2.29. The Labute approximate surface area is 167 Å². The molecule has 0 radical (unpaired) electrons. The highest BCUT2D eigenvalue weighted by molar-refractivity contribution is 7.22. The van der Waals surface area contributed by atoms with Crippen molar-refractivity contribution in [3.8, 4) is 5.75 Å². The molecule has 0 aliphatic heterocycles. The smallest absolute Gasteiger partial charge is 0.406 e. The summed E-state index contributed by atoms with van der Waals surface area (Å²) in [5.41, 5.74) is 5.43. The van der Waals surface area contributed by atoms with Crippen LogP contribution in [0.1, 0.15) is 0 Å². The van der Waals surface area contributed by atoms with E-state index in [0.29, 0.717) is 10.2 Å². The van der Waals surface area contributed by atoms with Crippen LogP contribution in [0.15, 0.2) is 18.2 Å². The fourth-order valence-corrected chi connectivity index (χ4v) is 3.20. The molecule has 1 aromatic carbocycles. The van der Waals surface area contributed by atoms with Crippen LogP contribution in [0, 0.1) is 0 Å². The van der Waals surface area contributed by atoms with Crippen molar-refractivity contribution in [3.05, 3.63) is 18.2 Å². The number of hydrogen-bond donors (Lipinski definition) is 2. The Hall–Kier alpha value is -2.93. The monoisotopic (exact) mass is 433 g/mol. The molecular weight excluding hydrogens is 415 g/mol. The molecule has 3 amide bonds. The van der Waals surface area contributed by atoms with Gasteiger partial charge in [-0.05, 0) is 19.2 Å². The summed E-state index contributed by atoms with van der Waals surface area (Å²) in [6.45, 7) is -0.477. The zero-order valence-electron chi connectivity index (χ0n) is 15.4. The standard InChI is InChI=1S/C16H18F3N5O4S/c1-23(6-12(20)25)8-14(27)24(2)7-13(26)22-15-21-10-4-3-9(5-11(10)29-15)28-16(17,18)19/h3-5H,6-8H2,1-2H3,(H2,20,25)(H,21,22,26). The van der Waals surface area contributed by atoms with Crippen LogP contribution in [0.5, 0.6) is 5.75 Å². The Morgan fingerprint density at radius 2 is 1.90 bits per heavy atom. The van der Waals surface area contributed by atoms with Crippen LogP contribution in [-0.2, 0) is 14.4 Å². The van der Waals surface area contributed by atoms with Crippen molar-refractivity contribution in [1.82, 2.24) is 14.8 Å². The van der Waals surface area contributed by atoms with E-state index in [1.165, 1.54) is 31.1 Å². The van der Waals surface area contributed by atoms with Crippen LogP contribution in [0.4, 0.5) is 18.3 Å². The molecule has 0 fully saturated rings. The second-order valence-corrected chi connectivity index (χ2v) is 7.16. The number of rotatable bonds is 8. The summed E-state index contributed by atoms with van der Waals surface area (Å²) in [6, 6.07) is 3.63. The summed E-state index contributed by atoms with van der Waals surface area (Å²) in [5.74, 6) is -1.91. The largest absolute Gasteiger partial charge is 0.573 e. The number of hydrogen-bond acceptors (Lipinski definition) is 7. The van der Waals surface area contributed by atoms with Gasteiger partial charge in [-0.25, -0.2) is 4.98 Å². The van der Waals surface area contributed by atoms with E-state index >= 15 is 0 Å². The Morgan fingerprint density at radius 3 is 2.52 bits per heavy atom. The minimum absolute atomic E-state index is 0.0997. The number of primary amides is 1. The number of nitrogens with one attached hydrogen (secondary N) is 1. The number of halogens is 3. The van der Waals surface area contributed by atoms with Gasteiger partial charge in [-0.1, -0.05) is 11.3 Å². The molecule has 2 rings (SSSR count). The molecule has 0 aliphatic rings. The van der Waals surface area contributed by atoms with Crippen LogP contribution >= 0.6 is 11.3 Å². The number of benzene rings is 1. The lowest BCUT2D eigenvalue weighted by atomic mass is 10.3. The zero-order chi connectivity index (χ0) is 21.8. The molecule has 1 heterocycles. The van der Waals surface area contributed by atoms with Gasteiger partial charge < -0.3 is 20.7 Å². The van der Waals surface area contributed by atoms with Gasteiger partial charge >= 0.3 is 6.36 Å². The van der Waals surface area contributed by atoms with Crippen LogP contribution in [0.2, 0.25) is 0 Å². The van der Waals surface area contributed by atoms with E-state index in [0.717, 1.165) is 22.3 Å². The average molecular weight is 433 g/mol. The number of nitrogens with zero attached hydrogens (tertiary/aromatic N) is 3. The SMILES string of the molecule is CN(CC(N)=O)CC(=O)N(C)CC(=O)Nc1nc2ccc(OC(F)(F)F)cc2s1. The summed E-state index contributed by atoms with van der Waals surface area (Å²) in [4.78, 5) is 41.7. The molecule has 0 bridgehead atoms.